The third-order valence-electron chi connectivity index (χ3n) is 3.82. The minimum Gasteiger partial charge on any atom is -0.354 e. The Bertz CT molecular complexity index is 925. The Morgan fingerprint density at radius 3 is 2.61 bits per heavy atom. The van der Waals surface area contributed by atoms with E-state index >= 15 is 0 Å². The van der Waals surface area contributed by atoms with Gasteiger partial charge in [-0.25, -0.2) is 9.67 Å². The molecule has 0 aliphatic heterocycles. The Hall–Kier alpha value is -3.43. The zero-order valence-corrected chi connectivity index (χ0v) is 14.9. The van der Waals surface area contributed by atoms with Gasteiger partial charge in [0.2, 0.25) is 0 Å². The molecule has 0 saturated carbocycles. The highest BCUT2D eigenvalue weighted by Gasteiger charge is 2.27. The Labute approximate surface area is 158 Å². The number of nitrogens with zero attached hydrogens (tertiary/aromatic N) is 5. The van der Waals surface area contributed by atoms with Crippen LogP contribution in [0, 0.1) is 0 Å². The summed E-state index contributed by atoms with van der Waals surface area (Å²) in [4.78, 5) is 22.3. The first-order chi connectivity index (χ1) is 13.3. The van der Waals surface area contributed by atoms with Crippen LogP contribution in [-0.4, -0.2) is 45.4 Å². The molecule has 0 fully saturated rings. The number of alkyl halides is 3. The molecule has 0 saturated heterocycles. The third-order valence-corrected chi connectivity index (χ3v) is 3.82. The zero-order valence-electron chi connectivity index (χ0n) is 14.9. The van der Waals surface area contributed by atoms with Gasteiger partial charge >= 0.3 is 6.18 Å². The molecule has 146 valence electrons. The standard InChI is InChI=1S/C18H17F3N6O/c1-26(15-9-22-10-16(25-15)27-8-2-7-24-27)11-13-3-5-14(6-4-13)17(28)23-12-18(19,20)21/h2-10H,11-12H2,1H3,(H,23,28). The van der Waals surface area contributed by atoms with Crippen molar-refractivity contribution in [3.05, 3.63) is 66.2 Å². The molecule has 28 heavy (non-hydrogen) atoms. The molecule has 2 aromatic heterocycles. The highest BCUT2D eigenvalue weighted by atomic mass is 19.4. The van der Waals surface area contributed by atoms with Crippen LogP contribution >= 0.6 is 0 Å². The molecule has 10 heteroatoms. The molecule has 1 aromatic carbocycles. The fourth-order valence-electron chi connectivity index (χ4n) is 2.44. The number of rotatable bonds is 6. The molecule has 3 aromatic rings. The van der Waals surface area contributed by atoms with Crippen molar-refractivity contribution in [1.82, 2.24) is 25.1 Å². The molecule has 0 radical (unpaired) electrons. The second-order valence-corrected chi connectivity index (χ2v) is 6.04. The lowest BCUT2D eigenvalue weighted by molar-refractivity contribution is -0.123. The summed E-state index contributed by atoms with van der Waals surface area (Å²) in [6.45, 7) is -0.886. The van der Waals surface area contributed by atoms with E-state index in [0.29, 0.717) is 18.2 Å². The van der Waals surface area contributed by atoms with Gasteiger partial charge in [0.1, 0.15) is 12.4 Å². The highest BCUT2D eigenvalue weighted by molar-refractivity contribution is 5.94. The maximum atomic E-state index is 12.2. The summed E-state index contributed by atoms with van der Waals surface area (Å²) in [6.07, 6.45) is 2.18. The summed E-state index contributed by atoms with van der Waals surface area (Å²) in [5, 5.41) is 5.96. The molecule has 7 nitrogen and oxygen atoms in total. The molecule has 2 heterocycles. The van der Waals surface area contributed by atoms with Gasteiger partial charge in [-0.2, -0.15) is 18.3 Å². The Morgan fingerprint density at radius 1 is 1.21 bits per heavy atom. The Kier molecular flexibility index (Phi) is 5.57. The van der Waals surface area contributed by atoms with Gasteiger partial charge in [0.15, 0.2) is 5.82 Å². The van der Waals surface area contributed by atoms with Crippen molar-refractivity contribution in [1.29, 1.82) is 0 Å². The number of benzene rings is 1. The zero-order chi connectivity index (χ0) is 20.1. The normalized spacial score (nSPS) is 11.3. The van der Waals surface area contributed by atoms with Gasteiger partial charge in [0, 0.05) is 31.5 Å². The monoisotopic (exact) mass is 390 g/mol. The molecule has 0 spiro atoms. The largest absolute Gasteiger partial charge is 0.405 e. The van der Waals surface area contributed by atoms with Gasteiger partial charge in [-0.3, -0.25) is 9.78 Å². The van der Waals surface area contributed by atoms with E-state index in [-0.39, 0.29) is 5.56 Å². The first-order valence-electron chi connectivity index (χ1n) is 8.29. The van der Waals surface area contributed by atoms with Gasteiger partial charge < -0.3 is 10.2 Å². The van der Waals surface area contributed by atoms with Crippen molar-refractivity contribution in [2.45, 2.75) is 12.7 Å². The summed E-state index contributed by atoms with van der Waals surface area (Å²) in [5.41, 5.74) is 1.03. The first-order valence-corrected chi connectivity index (χ1v) is 8.29. The predicted octanol–water partition coefficient (Wildman–Crippen LogP) is 2.59. The lowest BCUT2D eigenvalue weighted by Crippen LogP contribution is -2.33. The van der Waals surface area contributed by atoms with Crippen molar-refractivity contribution < 1.29 is 18.0 Å². The van der Waals surface area contributed by atoms with E-state index in [1.807, 2.05) is 17.3 Å². The molecule has 3 rings (SSSR count). The van der Waals surface area contributed by atoms with E-state index in [2.05, 4.69) is 15.1 Å². The highest BCUT2D eigenvalue weighted by Crippen LogP contribution is 2.15. The average Bonchev–Trinajstić information content (AvgIpc) is 3.21. The van der Waals surface area contributed by atoms with E-state index < -0.39 is 18.6 Å². The lowest BCUT2D eigenvalue weighted by atomic mass is 10.1. The average molecular weight is 390 g/mol. The van der Waals surface area contributed by atoms with Crippen LogP contribution in [0.1, 0.15) is 15.9 Å². The van der Waals surface area contributed by atoms with Crippen molar-refractivity contribution in [2.75, 3.05) is 18.5 Å². The van der Waals surface area contributed by atoms with Crippen LogP contribution in [0.25, 0.3) is 5.82 Å². The minimum atomic E-state index is -4.44. The molecular weight excluding hydrogens is 373 g/mol. The molecule has 0 unspecified atom stereocenters. The van der Waals surface area contributed by atoms with E-state index in [1.54, 1.807) is 47.7 Å². The van der Waals surface area contributed by atoms with Gasteiger partial charge in [0.25, 0.3) is 5.91 Å². The van der Waals surface area contributed by atoms with Crippen LogP contribution in [0.5, 0.6) is 0 Å². The van der Waals surface area contributed by atoms with E-state index in [9.17, 15) is 18.0 Å². The Balaban J connectivity index is 1.64. The molecule has 1 N–H and O–H groups in total. The van der Waals surface area contributed by atoms with Gasteiger partial charge in [-0.1, -0.05) is 12.1 Å². The molecule has 0 bridgehead atoms. The van der Waals surface area contributed by atoms with Crippen molar-refractivity contribution >= 4 is 11.7 Å². The summed E-state index contributed by atoms with van der Waals surface area (Å²) >= 11 is 0. The smallest absolute Gasteiger partial charge is 0.354 e. The van der Waals surface area contributed by atoms with Gasteiger partial charge in [0.05, 0.1) is 12.4 Å². The summed E-state index contributed by atoms with van der Waals surface area (Å²) < 4.78 is 38.1. The van der Waals surface area contributed by atoms with Crippen LogP contribution in [0.4, 0.5) is 19.0 Å². The van der Waals surface area contributed by atoms with Gasteiger partial charge in [-0.05, 0) is 23.8 Å². The predicted molar refractivity (Wildman–Crippen MR) is 96.1 cm³/mol. The van der Waals surface area contributed by atoms with Crippen LogP contribution in [-0.2, 0) is 6.54 Å². The van der Waals surface area contributed by atoms with E-state index in [0.717, 1.165) is 5.56 Å². The number of aromatic nitrogens is 4. The fourth-order valence-corrected chi connectivity index (χ4v) is 2.44. The van der Waals surface area contributed by atoms with E-state index in [1.165, 1.54) is 12.1 Å². The van der Waals surface area contributed by atoms with Crippen molar-refractivity contribution in [3.63, 3.8) is 0 Å². The second kappa shape index (κ2) is 8.07. The first kappa shape index (κ1) is 19.3. The molecule has 0 aliphatic rings. The summed E-state index contributed by atoms with van der Waals surface area (Å²) in [6, 6.07) is 8.12. The van der Waals surface area contributed by atoms with Crippen LogP contribution < -0.4 is 10.2 Å². The third kappa shape index (κ3) is 5.06. The molecule has 0 aliphatic carbocycles. The number of hydrogen-bond acceptors (Lipinski definition) is 5. The Morgan fingerprint density at radius 2 is 1.96 bits per heavy atom. The number of amides is 1. The lowest BCUT2D eigenvalue weighted by Gasteiger charge is -2.18. The number of hydrogen-bond donors (Lipinski definition) is 1. The van der Waals surface area contributed by atoms with Crippen molar-refractivity contribution in [3.8, 4) is 5.82 Å². The SMILES string of the molecule is CN(Cc1ccc(C(=O)NCC(F)(F)F)cc1)c1cncc(-n2cccn2)n1. The van der Waals surface area contributed by atoms with Crippen LogP contribution in [0.3, 0.4) is 0 Å². The topological polar surface area (TPSA) is 75.9 Å². The molecule has 0 atom stereocenters. The number of nitrogens with one attached hydrogen (secondary N) is 1. The second-order valence-electron chi connectivity index (χ2n) is 6.04. The fraction of sp³-hybridized carbons (Fsp3) is 0.222. The van der Waals surface area contributed by atoms with Crippen molar-refractivity contribution in [2.24, 2.45) is 0 Å². The van der Waals surface area contributed by atoms with Crippen LogP contribution in [0.15, 0.2) is 55.1 Å². The number of carbonyl (C=O) groups is 1. The summed E-state index contributed by atoms with van der Waals surface area (Å²) in [5.74, 6) is 0.432. The maximum absolute atomic E-state index is 12.2. The maximum Gasteiger partial charge on any atom is 0.405 e. The quantitative estimate of drug-likeness (QED) is 0.700. The summed E-state index contributed by atoms with van der Waals surface area (Å²) in [7, 11) is 1.83. The number of carbonyl (C=O) groups excluding carboxylic acids is 1. The van der Waals surface area contributed by atoms with Crippen LogP contribution in [0.2, 0.25) is 0 Å². The molecule has 1 amide bonds. The molecular formula is C18H17F3N6O. The van der Waals surface area contributed by atoms with E-state index in [4.69, 9.17) is 0 Å². The number of halogens is 3. The number of anilines is 1. The van der Waals surface area contributed by atoms with Gasteiger partial charge in [-0.15, -0.1) is 0 Å². The minimum absolute atomic E-state index is 0.163.